The first-order valence-electron chi connectivity index (χ1n) is 2.62. The Morgan fingerprint density at radius 1 is 1.73 bits per heavy atom. The highest BCUT2D eigenvalue weighted by atomic mass is 35.5. The number of nitrogens with two attached hydrogens (primary N) is 1. The van der Waals surface area contributed by atoms with Gasteiger partial charge in [0, 0.05) is 0 Å². The Labute approximate surface area is 66.8 Å². The van der Waals surface area contributed by atoms with Crippen LogP contribution in [0.1, 0.15) is 10.5 Å². The van der Waals surface area contributed by atoms with Gasteiger partial charge in [0.1, 0.15) is 0 Å². The fourth-order valence-corrected chi connectivity index (χ4v) is 0.674. The highest BCUT2D eigenvalue weighted by Crippen LogP contribution is 2.09. The largest absolute Gasteiger partial charge is 0.476 e. The van der Waals surface area contributed by atoms with Crippen LogP contribution in [0.3, 0.4) is 0 Å². The quantitative estimate of drug-likeness (QED) is 0.601. The van der Waals surface area contributed by atoms with Crippen molar-refractivity contribution in [1.82, 2.24) is 9.97 Å². The number of carbonyl (C=O) groups is 1. The van der Waals surface area contributed by atoms with Crippen LogP contribution < -0.4 is 5.73 Å². The molecule has 1 aromatic rings. The van der Waals surface area contributed by atoms with Crippen LogP contribution in [0, 0.1) is 0 Å². The molecule has 0 radical (unpaired) electrons. The number of carboxylic acid groups (broad SMARTS) is 1. The van der Waals surface area contributed by atoms with Crippen LogP contribution in [0.4, 0.5) is 5.69 Å². The van der Waals surface area contributed by atoms with Gasteiger partial charge >= 0.3 is 5.97 Å². The molecule has 0 aliphatic carbocycles. The topological polar surface area (TPSA) is 89.1 Å². The lowest BCUT2D eigenvalue weighted by Crippen LogP contribution is -2.06. The van der Waals surface area contributed by atoms with Gasteiger partial charge in [0.2, 0.25) is 5.28 Å². The summed E-state index contributed by atoms with van der Waals surface area (Å²) in [4.78, 5) is 17.2. The molecule has 58 valence electrons. The average molecular weight is 174 g/mol. The smallest absolute Gasteiger partial charge is 0.356 e. The first kappa shape index (κ1) is 7.74. The van der Waals surface area contributed by atoms with Crippen molar-refractivity contribution < 1.29 is 9.90 Å². The van der Waals surface area contributed by atoms with Gasteiger partial charge in [-0.3, -0.25) is 0 Å². The monoisotopic (exact) mass is 173 g/mol. The molecule has 1 aromatic heterocycles. The number of hydrogen-bond acceptors (Lipinski definition) is 4. The molecule has 1 rings (SSSR count). The molecule has 0 aliphatic heterocycles. The fourth-order valence-electron chi connectivity index (χ4n) is 0.541. The summed E-state index contributed by atoms with van der Waals surface area (Å²) in [7, 11) is 0. The number of rotatable bonds is 1. The Balaban J connectivity index is 3.23. The normalized spacial score (nSPS) is 9.55. The molecule has 1 heterocycles. The molecule has 0 aliphatic rings. The number of nitrogen functional groups attached to an aromatic ring is 1. The summed E-state index contributed by atoms with van der Waals surface area (Å²) in [5.74, 6) is -1.22. The number of aromatic carboxylic acids is 1. The van der Waals surface area contributed by atoms with E-state index in [0.717, 1.165) is 6.20 Å². The Morgan fingerprint density at radius 2 is 2.36 bits per heavy atom. The lowest BCUT2D eigenvalue weighted by atomic mass is 10.3. The lowest BCUT2D eigenvalue weighted by molar-refractivity contribution is 0.0691. The second-order valence-electron chi connectivity index (χ2n) is 1.75. The molecule has 5 nitrogen and oxygen atoms in total. The third-order valence-corrected chi connectivity index (χ3v) is 1.17. The van der Waals surface area contributed by atoms with E-state index in [4.69, 9.17) is 22.4 Å². The first-order valence-corrected chi connectivity index (χ1v) is 3.00. The molecule has 0 amide bonds. The van der Waals surface area contributed by atoms with Gasteiger partial charge in [-0.1, -0.05) is 0 Å². The summed E-state index contributed by atoms with van der Waals surface area (Å²) < 4.78 is 0. The first-order chi connectivity index (χ1) is 5.11. The predicted octanol–water partition coefficient (Wildman–Crippen LogP) is 0.410. The molecular weight excluding hydrogens is 170 g/mol. The second-order valence-corrected chi connectivity index (χ2v) is 2.09. The SMILES string of the molecule is Nc1cnc(Cl)nc1C(=O)O. The van der Waals surface area contributed by atoms with Crippen LogP contribution in [-0.4, -0.2) is 21.0 Å². The number of nitrogens with zero attached hydrogens (tertiary/aromatic N) is 2. The van der Waals surface area contributed by atoms with Crippen molar-refractivity contribution in [2.75, 3.05) is 5.73 Å². The third-order valence-electron chi connectivity index (χ3n) is 0.990. The predicted molar refractivity (Wildman–Crippen MR) is 38.4 cm³/mol. The highest BCUT2D eigenvalue weighted by molar-refractivity contribution is 6.28. The van der Waals surface area contributed by atoms with Crippen molar-refractivity contribution in [3.63, 3.8) is 0 Å². The van der Waals surface area contributed by atoms with E-state index >= 15 is 0 Å². The Kier molecular flexibility index (Phi) is 1.91. The highest BCUT2D eigenvalue weighted by Gasteiger charge is 2.09. The molecule has 6 heteroatoms. The molecular formula is C5H4ClN3O2. The van der Waals surface area contributed by atoms with E-state index in [2.05, 4.69) is 9.97 Å². The Hall–Kier alpha value is -1.36. The summed E-state index contributed by atoms with van der Waals surface area (Å²) in [6, 6.07) is 0. The van der Waals surface area contributed by atoms with Crippen molar-refractivity contribution in [1.29, 1.82) is 0 Å². The average Bonchev–Trinajstić information content (AvgIpc) is 1.94. The van der Waals surface area contributed by atoms with Crippen molar-refractivity contribution in [2.45, 2.75) is 0 Å². The minimum Gasteiger partial charge on any atom is -0.476 e. The number of hydrogen-bond donors (Lipinski definition) is 2. The maximum absolute atomic E-state index is 10.3. The molecule has 0 bridgehead atoms. The molecule has 0 atom stereocenters. The molecule has 0 unspecified atom stereocenters. The molecule has 0 saturated carbocycles. The van der Waals surface area contributed by atoms with E-state index in [0.29, 0.717) is 0 Å². The van der Waals surface area contributed by atoms with Gasteiger partial charge in [-0.15, -0.1) is 0 Å². The maximum Gasteiger partial charge on any atom is 0.356 e. The van der Waals surface area contributed by atoms with Crippen molar-refractivity contribution in [3.05, 3.63) is 17.2 Å². The third kappa shape index (κ3) is 1.56. The molecule has 11 heavy (non-hydrogen) atoms. The van der Waals surface area contributed by atoms with Crippen LogP contribution in [0.15, 0.2) is 6.20 Å². The number of carboxylic acids is 1. The standard InChI is InChI=1S/C5H4ClN3O2/c6-5-8-1-2(7)3(9-5)4(10)11/h1H,7H2,(H,10,11). The second kappa shape index (κ2) is 2.71. The van der Waals surface area contributed by atoms with Crippen LogP contribution in [0.2, 0.25) is 5.28 Å². The summed E-state index contributed by atoms with van der Waals surface area (Å²) >= 11 is 5.32. The fraction of sp³-hybridized carbons (Fsp3) is 0. The molecule has 0 saturated heterocycles. The van der Waals surface area contributed by atoms with Gasteiger partial charge in [-0.25, -0.2) is 14.8 Å². The van der Waals surface area contributed by atoms with Crippen LogP contribution in [-0.2, 0) is 0 Å². The minimum atomic E-state index is -1.22. The Bertz CT molecular complexity index is 302. The van der Waals surface area contributed by atoms with Gasteiger partial charge in [0.25, 0.3) is 0 Å². The van der Waals surface area contributed by atoms with E-state index in [1.807, 2.05) is 0 Å². The van der Waals surface area contributed by atoms with Crippen molar-refractivity contribution in [3.8, 4) is 0 Å². The van der Waals surface area contributed by atoms with Gasteiger partial charge < -0.3 is 10.8 Å². The molecule has 3 N–H and O–H groups in total. The van der Waals surface area contributed by atoms with E-state index in [9.17, 15) is 4.79 Å². The number of aromatic nitrogens is 2. The summed E-state index contributed by atoms with van der Waals surface area (Å²) in [5.41, 5.74) is 4.95. The molecule has 0 aromatic carbocycles. The molecule has 0 fully saturated rings. The minimum absolute atomic E-state index is 0.00176. The zero-order valence-corrected chi connectivity index (χ0v) is 6.04. The zero-order valence-electron chi connectivity index (χ0n) is 5.28. The van der Waals surface area contributed by atoms with Gasteiger partial charge in [0.05, 0.1) is 11.9 Å². The summed E-state index contributed by atoms with van der Waals surface area (Å²) in [5, 5.41) is 8.33. The van der Waals surface area contributed by atoms with Crippen LogP contribution in [0.5, 0.6) is 0 Å². The summed E-state index contributed by atoms with van der Waals surface area (Å²) in [6.45, 7) is 0. The van der Waals surface area contributed by atoms with Gasteiger partial charge in [0.15, 0.2) is 5.69 Å². The van der Waals surface area contributed by atoms with E-state index in [-0.39, 0.29) is 16.7 Å². The zero-order chi connectivity index (χ0) is 8.43. The van der Waals surface area contributed by atoms with Gasteiger partial charge in [-0.05, 0) is 11.6 Å². The van der Waals surface area contributed by atoms with Crippen molar-refractivity contribution in [2.24, 2.45) is 0 Å². The van der Waals surface area contributed by atoms with E-state index in [1.54, 1.807) is 0 Å². The summed E-state index contributed by atoms with van der Waals surface area (Å²) in [6.07, 6.45) is 1.15. The van der Waals surface area contributed by atoms with E-state index in [1.165, 1.54) is 0 Å². The lowest BCUT2D eigenvalue weighted by Gasteiger charge is -1.96. The number of halogens is 1. The van der Waals surface area contributed by atoms with E-state index < -0.39 is 5.97 Å². The molecule has 0 spiro atoms. The van der Waals surface area contributed by atoms with Crippen molar-refractivity contribution >= 4 is 23.3 Å². The van der Waals surface area contributed by atoms with Gasteiger partial charge in [-0.2, -0.15) is 0 Å². The van der Waals surface area contributed by atoms with Crippen LogP contribution in [0.25, 0.3) is 0 Å². The van der Waals surface area contributed by atoms with Crippen LogP contribution >= 0.6 is 11.6 Å². The Morgan fingerprint density at radius 3 is 2.82 bits per heavy atom. The number of anilines is 1. The maximum atomic E-state index is 10.3.